The largest absolute Gasteiger partial charge is 0.486 e. The van der Waals surface area contributed by atoms with Crippen LogP contribution < -0.4 is 9.47 Å². The molecule has 0 amide bonds. The number of fused-ring (bicyclic) bond motifs is 1. The van der Waals surface area contributed by atoms with Crippen molar-refractivity contribution in [1.82, 2.24) is 0 Å². The van der Waals surface area contributed by atoms with E-state index in [0.717, 1.165) is 0 Å². The molecule has 2 bridgehead atoms. The van der Waals surface area contributed by atoms with Gasteiger partial charge in [0, 0.05) is 0 Å². The molecule has 0 aliphatic carbocycles. The van der Waals surface area contributed by atoms with Crippen LogP contribution in [0.25, 0.3) is 11.2 Å². The van der Waals surface area contributed by atoms with Crippen LogP contribution in [0.2, 0.25) is 0 Å². The predicted octanol–water partition coefficient (Wildman–Crippen LogP) is 2.53. The molecule has 6 nitrogen and oxygen atoms in total. The SMILES string of the molecule is CC(C)(C)COc1c2c3oc1c(C(=O)O)c3C(=O)O2. The molecule has 3 heterocycles. The fraction of sp³-hybridized carbons (Fsp3) is 0.385. The summed E-state index contributed by atoms with van der Waals surface area (Å²) in [5.74, 6) is -1.53. The molecule has 0 spiro atoms. The number of furan rings is 2. The molecule has 1 aliphatic heterocycles. The average molecular weight is 264 g/mol. The van der Waals surface area contributed by atoms with Crippen LogP contribution in [0.4, 0.5) is 0 Å². The molecular weight excluding hydrogens is 252 g/mol. The molecule has 2 aromatic rings. The topological polar surface area (TPSA) is 86.0 Å². The zero-order valence-electron chi connectivity index (χ0n) is 10.7. The third kappa shape index (κ3) is 1.56. The predicted molar refractivity (Wildman–Crippen MR) is 64.3 cm³/mol. The minimum atomic E-state index is -1.23. The van der Waals surface area contributed by atoms with E-state index in [0.29, 0.717) is 6.61 Å². The van der Waals surface area contributed by atoms with Crippen LogP contribution in [0, 0.1) is 5.41 Å². The molecule has 0 saturated carbocycles. The summed E-state index contributed by atoms with van der Waals surface area (Å²) in [4.78, 5) is 22.8. The van der Waals surface area contributed by atoms with E-state index in [1.165, 1.54) is 0 Å². The highest BCUT2D eigenvalue weighted by Gasteiger charge is 2.43. The highest BCUT2D eigenvalue weighted by Crippen LogP contribution is 2.52. The number of esters is 1. The van der Waals surface area contributed by atoms with E-state index in [1.807, 2.05) is 20.8 Å². The Bertz CT molecular complexity index is 688. The summed E-state index contributed by atoms with van der Waals surface area (Å²) in [5, 5.41) is 9.16. The van der Waals surface area contributed by atoms with Crippen LogP contribution in [0.3, 0.4) is 0 Å². The van der Waals surface area contributed by atoms with E-state index in [2.05, 4.69) is 0 Å². The molecule has 19 heavy (non-hydrogen) atoms. The second-order valence-electron chi connectivity index (χ2n) is 5.71. The molecule has 6 heteroatoms. The number of carbonyl (C=O) groups is 2. The lowest BCUT2D eigenvalue weighted by molar-refractivity contribution is 0.0678. The average Bonchev–Trinajstić information content (AvgIpc) is 2.84. The summed E-state index contributed by atoms with van der Waals surface area (Å²) < 4.78 is 15.9. The van der Waals surface area contributed by atoms with Gasteiger partial charge in [-0.3, -0.25) is 0 Å². The smallest absolute Gasteiger partial charge is 0.348 e. The van der Waals surface area contributed by atoms with Crippen LogP contribution in [0.5, 0.6) is 11.5 Å². The van der Waals surface area contributed by atoms with Gasteiger partial charge < -0.3 is 19.0 Å². The molecule has 0 atom stereocenters. The van der Waals surface area contributed by atoms with Gasteiger partial charge >= 0.3 is 11.9 Å². The maximum Gasteiger partial charge on any atom is 0.348 e. The molecule has 1 aliphatic rings. The van der Waals surface area contributed by atoms with E-state index in [9.17, 15) is 9.59 Å². The van der Waals surface area contributed by atoms with Crippen LogP contribution >= 0.6 is 0 Å². The van der Waals surface area contributed by atoms with Crippen LogP contribution in [0.15, 0.2) is 4.42 Å². The van der Waals surface area contributed by atoms with Gasteiger partial charge in [-0.1, -0.05) is 20.8 Å². The van der Waals surface area contributed by atoms with E-state index in [1.54, 1.807) is 0 Å². The van der Waals surface area contributed by atoms with Crippen molar-refractivity contribution in [2.45, 2.75) is 20.8 Å². The van der Waals surface area contributed by atoms with Gasteiger partial charge in [-0.05, 0) is 5.41 Å². The lowest BCUT2D eigenvalue weighted by Gasteiger charge is -2.18. The van der Waals surface area contributed by atoms with Gasteiger partial charge in [-0.25, -0.2) is 9.59 Å². The highest BCUT2D eigenvalue weighted by molar-refractivity contribution is 6.20. The molecule has 0 unspecified atom stereocenters. The number of rotatable bonds is 3. The number of carboxylic acid groups (broad SMARTS) is 1. The fourth-order valence-electron chi connectivity index (χ4n) is 2.01. The van der Waals surface area contributed by atoms with Crippen molar-refractivity contribution in [3.8, 4) is 11.5 Å². The molecule has 0 radical (unpaired) electrons. The van der Waals surface area contributed by atoms with Gasteiger partial charge in [-0.15, -0.1) is 0 Å². The molecule has 0 aromatic carbocycles. The number of hydrogen-bond donors (Lipinski definition) is 1. The Morgan fingerprint density at radius 3 is 2.58 bits per heavy atom. The van der Waals surface area contributed by atoms with Crippen molar-refractivity contribution in [3.63, 3.8) is 0 Å². The van der Waals surface area contributed by atoms with E-state index in [-0.39, 0.29) is 39.2 Å². The van der Waals surface area contributed by atoms with E-state index >= 15 is 0 Å². The third-order valence-corrected chi connectivity index (χ3v) is 2.79. The summed E-state index contributed by atoms with van der Waals surface area (Å²) in [6.07, 6.45) is 0. The fourth-order valence-corrected chi connectivity index (χ4v) is 2.01. The molecule has 3 rings (SSSR count). The first-order valence-corrected chi connectivity index (χ1v) is 5.79. The summed E-state index contributed by atoms with van der Waals surface area (Å²) in [6.45, 7) is 6.28. The Morgan fingerprint density at radius 1 is 1.32 bits per heavy atom. The van der Waals surface area contributed by atoms with Crippen molar-refractivity contribution in [2.75, 3.05) is 6.61 Å². The summed E-state index contributed by atoms with van der Waals surface area (Å²) in [6, 6.07) is 0. The monoisotopic (exact) mass is 264 g/mol. The Hall–Kier alpha value is -2.24. The summed E-state index contributed by atoms with van der Waals surface area (Å²) >= 11 is 0. The standard InChI is InChI=1S/C13H12O6/c1-13(2,3)4-17-9-7-5(11(14)15)6-8(18-7)10(9)19-12(6)16/h4H2,1-3H3,(H,14,15). The zero-order chi connectivity index (χ0) is 13.9. The first-order valence-electron chi connectivity index (χ1n) is 5.79. The van der Waals surface area contributed by atoms with Crippen molar-refractivity contribution in [2.24, 2.45) is 5.41 Å². The summed E-state index contributed by atoms with van der Waals surface area (Å²) in [7, 11) is 0. The minimum Gasteiger partial charge on any atom is -0.486 e. The van der Waals surface area contributed by atoms with Gasteiger partial charge in [0.05, 0.1) is 6.61 Å². The molecular formula is C13H12O6. The van der Waals surface area contributed by atoms with Crippen LogP contribution in [-0.4, -0.2) is 23.7 Å². The van der Waals surface area contributed by atoms with E-state index < -0.39 is 11.9 Å². The number of hydrogen-bond acceptors (Lipinski definition) is 5. The van der Waals surface area contributed by atoms with Crippen molar-refractivity contribution in [1.29, 1.82) is 0 Å². The summed E-state index contributed by atoms with van der Waals surface area (Å²) in [5.41, 5.74) is -0.0613. The molecule has 2 aromatic heterocycles. The normalized spacial score (nSPS) is 14.2. The first-order chi connectivity index (χ1) is 8.79. The van der Waals surface area contributed by atoms with Gasteiger partial charge in [0.25, 0.3) is 0 Å². The van der Waals surface area contributed by atoms with Gasteiger partial charge in [0.2, 0.25) is 11.5 Å². The lowest BCUT2D eigenvalue weighted by Crippen LogP contribution is -2.17. The maximum absolute atomic E-state index is 11.6. The zero-order valence-corrected chi connectivity index (χ0v) is 10.7. The van der Waals surface area contributed by atoms with Gasteiger partial charge in [0.15, 0.2) is 11.2 Å². The molecule has 0 saturated heterocycles. The van der Waals surface area contributed by atoms with Crippen molar-refractivity contribution in [3.05, 3.63) is 11.1 Å². The highest BCUT2D eigenvalue weighted by atomic mass is 16.6. The van der Waals surface area contributed by atoms with Crippen LogP contribution in [-0.2, 0) is 0 Å². The number of aromatic carboxylic acids is 1. The van der Waals surface area contributed by atoms with E-state index in [4.69, 9.17) is 19.0 Å². The van der Waals surface area contributed by atoms with Crippen LogP contribution in [0.1, 0.15) is 41.5 Å². The lowest BCUT2D eigenvalue weighted by atomic mass is 9.98. The number of benzene rings is 1. The molecule has 1 N–H and O–H groups in total. The number of carboxylic acids is 1. The maximum atomic E-state index is 11.6. The number of ether oxygens (including phenoxy) is 2. The Morgan fingerprint density at radius 2 is 2.00 bits per heavy atom. The Kier molecular flexibility index (Phi) is 2.12. The number of carbonyl (C=O) groups excluding carboxylic acids is 1. The van der Waals surface area contributed by atoms with Gasteiger partial charge in [-0.2, -0.15) is 0 Å². The van der Waals surface area contributed by atoms with Crippen molar-refractivity contribution >= 4 is 23.1 Å². The minimum absolute atomic E-state index is 0.0133. The quantitative estimate of drug-likeness (QED) is 0.857. The van der Waals surface area contributed by atoms with Crippen molar-refractivity contribution < 1.29 is 28.6 Å². The first kappa shape index (κ1) is 11.8. The second kappa shape index (κ2) is 3.40. The molecule has 100 valence electrons. The van der Waals surface area contributed by atoms with Gasteiger partial charge in [0.1, 0.15) is 11.1 Å². The second-order valence-corrected chi connectivity index (χ2v) is 5.71. The Labute approximate surface area is 108 Å². The third-order valence-electron chi connectivity index (χ3n) is 2.79. The molecule has 0 fully saturated rings. The Balaban J connectivity index is 2.09.